The van der Waals surface area contributed by atoms with Gasteiger partial charge >= 0.3 is 0 Å². The molecule has 0 aliphatic heterocycles. The Bertz CT molecular complexity index is 336. The molecule has 0 amide bonds. The minimum absolute atomic E-state index is 0.00352. The van der Waals surface area contributed by atoms with E-state index >= 15 is 0 Å². The molecule has 0 bridgehead atoms. The van der Waals surface area contributed by atoms with Crippen LogP contribution in [0.4, 0.5) is 11.5 Å². The maximum Gasteiger partial charge on any atom is 0.274 e. The second-order valence-electron chi connectivity index (χ2n) is 3.09. The van der Waals surface area contributed by atoms with Crippen molar-refractivity contribution in [2.75, 3.05) is 5.73 Å². The quantitative estimate of drug-likeness (QED) is 0.556. The molecular weight excluding hydrogens is 170 g/mol. The number of nitrogen functional groups attached to an aromatic ring is 1. The molecule has 70 valence electrons. The number of nitrogens with zero attached hydrogens (tertiary/aromatic N) is 2. The van der Waals surface area contributed by atoms with Crippen molar-refractivity contribution in [3.8, 4) is 0 Å². The minimum Gasteiger partial charge on any atom is -0.383 e. The molecule has 0 spiro atoms. The molecule has 5 heteroatoms. The van der Waals surface area contributed by atoms with Crippen molar-refractivity contribution in [3.05, 3.63) is 27.9 Å². The van der Waals surface area contributed by atoms with E-state index in [9.17, 15) is 10.1 Å². The summed E-state index contributed by atoms with van der Waals surface area (Å²) < 4.78 is 0. The maximum atomic E-state index is 10.5. The van der Waals surface area contributed by atoms with Crippen LogP contribution in [0.15, 0.2) is 12.1 Å². The molecule has 13 heavy (non-hydrogen) atoms. The van der Waals surface area contributed by atoms with Gasteiger partial charge in [0, 0.05) is 6.07 Å². The van der Waals surface area contributed by atoms with E-state index in [1.54, 1.807) is 0 Å². The molecule has 5 nitrogen and oxygen atoms in total. The minimum atomic E-state index is -0.468. The summed E-state index contributed by atoms with van der Waals surface area (Å²) in [6.45, 7) is 3.82. The molecule has 2 N–H and O–H groups in total. The van der Waals surface area contributed by atoms with Crippen LogP contribution < -0.4 is 5.73 Å². The van der Waals surface area contributed by atoms with E-state index in [0.29, 0.717) is 5.69 Å². The third-order valence-electron chi connectivity index (χ3n) is 1.65. The first-order valence-corrected chi connectivity index (χ1v) is 3.92. The van der Waals surface area contributed by atoms with E-state index in [4.69, 9.17) is 5.73 Å². The molecule has 0 aliphatic carbocycles. The zero-order valence-electron chi connectivity index (χ0n) is 7.52. The highest BCUT2D eigenvalue weighted by atomic mass is 16.6. The molecule has 0 saturated carbocycles. The number of anilines is 1. The Labute approximate surface area is 75.7 Å². The van der Waals surface area contributed by atoms with Crippen LogP contribution >= 0.6 is 0 Å². The number of aromatic nitrogens is 1. The number of hydrogen-bond acceptors (Lipinski definition) is 4. The first-order valence-electron chi connectivity index (χ1n) is 3.92. The zero-order valence-corrected chi connectivity index (χ0v) is 7.52. The highest BCUT2D eigenvalue weighted by molar-refractivity contribution is 5.43. The van der Waals surface area contributed by atoms with Gasteiger partial charge in [-0.05, 0) is 5.92 Å². The van der Waals surface area contributed by atoms with Gasteiger partial charge in [-0.25, -0.2) is 4.98 Å². The van der Waals surface area contributed by atoms with E-state index in [-0.39, 0.29) is 17.4 Å². The first-order chi connectivity index (χ1) is 6.00. The lowest BCUT2D eigenvalue weighted by Crippen LogP contribution is -2.00. The summed E-state index contributed by atoms with van der Waals surface area (Å²) in [4.78, 5) is 14.0. The molecule has 0 atom stereocenters. The smallest absolute Gasteiger partial charge is 0.274 e. The molecule has 1 heterocycles. The number of nitrogens with two attached hydrogens (primary N) is 1. The molecule has 0 aromatic carbocycles. The average Bonchev–Trinajstić information content (AvgIpc) is 2.03. The number of hydrogen-bond donors (Lipinski definition) is 1. The van der Waals surface area contributed by atoms with Gasteiger partial charge in [-0.15, -0.1) is 0 Å². The van der Waals surface area contributed by atoms with Gasteiger partial charge in [0.15, 0.2) is 0 Å². The van der Waals surface area contributed by atoms with Gasteiger partial charge in [0.05, 0.1) is 16.7 Å². The topological polar surface area (TPSA) is 82.0 Å². The van der Waals surface area contributed by atoms with Crippen LogP contribution in [0.25, 0.3) is 0 Å². The lowest BCUT2D eigenvalue weighted by atomic mass is 10.1. The van der Waals surface area contributed by atoms with Crippen LogP contribution in [0.1, 0.15) is 25.5 Å². The molecule has 1 aromatic rings. The normalized spacial score (nSPS) is 10.4. The van der Waals surface area contributed by atoms with E-state index in [1.165, 1.54) is 12.1 Å². The van der Waals surface area contributed by atoms with Gasteiger partial charge in [0.1, 0.15) is 5.82 Å². The van der Waals surface area contributed by atoms with Crippen molar-refractivity contribution in [1.29, 1.82) is 0 Å². The molecular formula is C8H11N3O2. The largest absolute Gasteiger partial charge is 0.383 e. The van der Waals surface area contributed by atoms with Gasteiger partial charge < -0.3 is 5.73 Å². The average molecular weight is 181 g/mol. The highest BCUT2D eigenvalue weighted by Crippen LogP contribution is 2.20. The predicted molar refractivity (Wildman–Crippen MR) is 49.4 cm³/mol. The first kappa shape index (κ1) is 9.44. The molecule has 0 radical (unpaired) electrons. The summed E-state index contributed by atoms with van der Waals surface area (Å²) in [5.41, 5.74) is 6.06. The fourth-order valence-corrected chi connectivity index (χ4v) is 0.959. The van der Waals surface area contributed by atoms with Crippen LogP contribution in [0.3, 0.4) is 0 Å². The van der Waals surface area contributed by atoms with Gasteiger partial charge in [0.25, 0.3) is 5.69 Å². The van der Waals surface area contributed by atoms with Crippen molar-refractivity contribution < 1.29 is 4.92 Å². The van der Waals surface area contributed by atoms with Crippen molar-refractivity contribution in [1.82, 2.24) is 4.98 Å². The SMILES string of the molecule is CC(C)c1cc([N+](=O)[O-])cc(N)n1. The summed E-state index contributed by atoms with van der Waals surface area (Å²) in [7, 11) is 0. The standard InChI is InChI=1S/C8H11N3O2/c1-5(2)7-3-6(11(12)13)4-8(9)10-7/h3-5H,1-2H3,(H2,9,10). The zero-order chi connectivity index (χ0) is 10.0. The van der Waals surface area contributed by atoms with Gasteiger partial charge in [0.2, 0.25) is 0 Å². The van der Waals surface area contributed by atoms with E-state index in [1.807, 2.05) is 13.8 Å². The molecule has 1 aromatic heterocycles. The Kier molecular flexibility index (Phi) is 2.46. The number of pyridine rings is 1. The van der Waals surface area contributed by atoms with Crippen LogP contribution in [0.5, 0.6) is 0 Å². The molecule has 0 aliphatic rings. The monoisotopic (exact) mass is 181 g/mol. The lowest BCUT2D eigenvalue weighted by molar-refractivity contribution is -0.384. The fraction of sp³-hybridized carbons (Fsp3) is 0.375. The van der Waals surface area contributed by atoms with Gasteiger partial charge in [-0.3, -0.25) is 10.1 Å². The number of rotatable bonds is 2. The van der Waals surface area contributed by atoms with Crippen LogP contribution in [0, 0.1) is 10.1 Å². The Morgan fingerprint density at radius 3 is 2.62 bits per heavy atom. The summed E-state index contributed by atoms with van der Waals surface area (Å²) in [6, 6.07) is 2.70. The third-order valence-corrected chi connectivity index (χ3v) is 1.65. The highest BCUT2D eigenvalue weighted by Gasteiger charge is 2.11. The van der Waals surface area contributed by atoms with E-state index in [2.05, 4.69) is 4.98 Å². The molecule has 0 fully saturated rings. The Morgan fingerprint density at radius 1 is 1.54 bits per heavy atom. The molecule has 0 saturated heterocycles. The van der Waals surface area contributed by atoms with Gasteiger partial charge in [-0.2, -0.15) is 0 Å². The Hall–Kier alpha value is -1.65. The van der Waals surface area contributed by atoms with Crippen LogP contribution in [-0.4, -0.2) is 9.91 Å². The third kappa shape index (κ3) is 2.14. The summed E-state index contributed by atoms with van der Waals surface area (Å²) in [5, 5.41) is 10.5. The molecule has 1 rings (SSSR count). The summed E-state index contributed by atoms with van der Waals surface area (Å²) >= 11 is 0. The number of nitro groups is 1. The second-order valence-corrected chi connectivity index (χ2v) is 3.09. The van der Waals surface area contributed by atoms with Crippen LogP contribution in [-0.2, 0) is 0 Å². The van der Waals surface area contributed by atoms with E-state index < -0.39 is 4.92 Å². The molecule has 0 unspecified atom stereocenters. The van der Waals surface area contributed by atoms with Crippen molar-refractivity contribution in [2.45, 2.75) is 19.8 Å². The van der Waals surface area contributed by atoms with Crippen molar-refractivity contribution in [2.24, 2.45) is 0 Å². The predicted octanol–water partition coefficient (Wildman–Crippen LogP) is 1.70. The van der Waals surface area contributed by atoms with Crippen molar-refractivity contribution in [3.63, 3.8) is 0 Å². The summed E-state index contributed by atoms with van der Waals surface area (Å²) in [6.07, 6.45) is 0. The van der Waals surface area contributed by atoms with Crippen molar-refractivity contribution >= 4 is 11.5 Å². The Balaban J connectivity index is 3.19. The lowest BCUT2D eigenvalue weighted by Gasteiger charge is -2.04. The second kappa shape index (κ2) is 3.38. The Morgan fingerprint density at radius 2 is 2.15 bits per heavy atom. The van der Waals surface area contributed by atoms with Gasteiger partial charge in [-0.1, -0.05) is 13.8 Å². The summed E-state index contributed by atoms with van der Waals surface area (Å²) in [5.74, 6) is 0.333. The van der Waals surface area contributed by atoms with Crippen LogP contribution in [0.2, 0.25) is 0 Å². The fourth-order valence-electron chi connectivity index (χ4n) is 0.959. The maximum absolute atomic E-state index is 10.5. The van der Waals surface area contributed by atoms with E-state index in [0.717, 1.165) is 0 Å².